The molecule has 2 N–H and O–H groups in total. The molecule has 0 unspecified atom stereocenters. The summed E-state index contributed by atoms with van der Waals surface area (Å²) in [7, 11) is 0. The Hall–Kier alpha value is -2.82. The van der Waals surface area contributed by atoms with Gasteiger partial charge in [0.05, 0.1) is 11.0 Å². The fourth-order valence-electron chi connectivity index (χ4n) is 2.67. The van der Waals surface area contributed by atoms with Gasteiger partial charge in [0, 0.05) is 17.3 Å². The van der Waals surface area contributed by atoms with Crippen LogP contribution in [0.25, 0.3) is 11.0 Å². The summed E-state index contributed by atoms with van der Waals surface area (Å²) in [6.07, 6.45) is 1.63. The second-order valence-electron chi connectivity index (χ2n) is 6.70. The summed E-state index contributed by atoms with van der Waals surface area (Å²) in [4.78, 5) is 17.1. The Kier molecular flexibility index (Phi) is 4.74. The van der Waals surface area contributed by atoms with Gasteiger partial charge in [-0.1, -0.05) is 32.0 Å². The van der Waals surface area contributed by atoms with Gasteiger partial charge >= 0.3 is 0 Å². The van der Waals surface area contributed by atoms with Crippen LogP contribution in [0.15, 0.2) is 48.8 Å². The average molecular weight is 336 g/mol. The minimum Gasteiger partial charge on any atom is -0.382 e. The maximum absolute atomic E-state index is 12.8. The van der Waals surface area contributed by atoms with E-state index in [1.54, 1.807) is 11.0 Å². The molecular weight excluding hydrogens is 312 g/mol. The second kappa shape index (κ2) is 6.97. The number of aromatic nitrogens is 2. The lowest BCUT2D eigenvalue weighted by Crippen LogP contribution is -2.25. The quantitative estimate of drug-likeness (QED) is 0.734. The van der Waals surface area contributed by atoms with Crippen molar-refractivity contribution in [3.05, 3.63) is 59.9 Å². The molecule has 0 saturated carbocycles. The molecule has 0 aliphatic rings. The van der Waals surface area contributed by atoms with Crippen molar-refractivity contribution in [3.8, 4) is 0 Å². The third kappa shape index (κ3) is 3.50. The van der Waals surface area contributed by atoms with Gasteiger partial charge in [0.1, 0.15) is 6.33 Å². The van der Waals surface area contributed by atoms with Gasteiger partial charge in [-0.3, -0.25) is 10.2 Å². The number of carbonyl (C=O) groups is 1. The number of imidazole rings is 1. The van der Waals surface area contributed by atoms with Gasteiger partial charge in [-0.25, -0.2) is 9.66 Å². The maximum Gasteiger partial charge on any atom is 0.270 e. The lowest BCUT2D eigenvalue weighted by Gasteiger charge is -2.21. The summed E-state index contributed by atoms with van der Waals surface area (Å²) in [5, 5.41) is 3.49. The van der Waals surface area contributed by atoms with Crippen LogP contribution in [0, 0.1) is 12.8 Å². The molecule has 0 saturated heterocycles. The van der Waals surface area contributed by atoms with Crippen molar-refractivity contribution < 1.29 is 4.79 Å². The molecule has 0 spiro atoms. The first-order valence-electron chi connectivity index (χ1n) is 8.57. The number of carbonyl (C=O) groups excluding carboxylic acids is 1. The van der Waals surface area contributed by atoms with Crippen LogP contribution >= 0.6 is 0 Å². The van der Waals surface area contributed by atoms with Crippen molar-refractivity contribution in [2.75, 3.05) is 10.7 Å². The summed E-state index contributed by atoms with van der Waals surface area (Å²) in [6, 6.07) is 13.8. The normalized spacial score (nSPS) is 12.4. The van der Waals surface area contributed by atoms with E-state index in [9.17, 15) is 4.79 Å². The molecule has 5 nitrogen and oxygen atoms in total. The van der Waals surface area contributed by atoms with Crippen molar-refractivity contribution in [1.29, 1.82) is 0 Å². The molecule has 1 amide bonds. The number of nitrogens with one attached hydrogen (secondary N) is 2. The van der Waals surface area contributed by atoms with Crippen LogP contribution in [0.5, 0.6) is 0 Å². The predicted octanol–water partition coefficient (Wildman–Crippen LogP) is 4.19. The van der Waals surface area contributed by atoms with Gasteiger partial charge in [-0.15, -0.1) is 0 Å². The van der Waals surface area contributed by atoms with E-state index < -0.39 is 0 Å². The summed E-state index contributed by atoms with van der Waals surface area (Å²) in [5.41, 5.74) is 7.22. The molecule has 0 fully saturated rings. The molecule has 5 heteroatoms. The summed E-state index contributed by atoms with van der Waals surface area (Å²) < 4.78 is 1.66. The lowest BCUT2D eigenvalue weighted by molar-refractivity contribution is 0.101. The van der Waals surface area contributed by atoms with Gasteiger partial charge in [-0.2, -0.15) is 0 Å². The molecule has 1 aromatic heterocycles. The number of rotatable bonds is 5. The Balaban J connectivity index is 1.85. The first-order valence-corrected chi connectivity index (χ1v) is 8.57. The Morgan fingerprint density at radius 1 is 1.08 bits per heavy atom. The number of fused-ring (bicyclic) bond motifs is 1. The Morgan fingerprint density at radius 3 is 2.60 bits per heavy atom. The molecule has 3 aromatic rings. The van der Waals surface area contributed by atoms with E-state index in [2.05, 4.69) is 36.5 Å². The number of benzene rings is 2. The molecule has 1 heterocycles. The van der Waals surface area contributed by atoms with Crippen LogP contribution in [0.2, 0.25) is 0 Å². The van der Waals surface area contributed by atoms with Crippen molar-refractivity contribution in [2.24, 2.45) is 5.92 Å². The topological polar surface area (TPSA) is 59.0 Å². The van der Waals surface area contributed by atoms with Crippen LogP contribution in [-0.2, 0) is 0 Å². The van der Waals surface area contributed by atoms with Gasteiger partial charge < -0.3 is 5.32 Å². The number of nitrogens with zero attached hydrogens (tertiary/aromatic N) is 2. The zero-order chi connectivity index (χ0) is 18.0. The summed E-state index contributed by atoms with van der Waals surface area (Å²) >= 11 is 0. The zero-order valence-corrected chi connectivity index (χ0v) is 15.1. The minimum absolute atomic E-state index is 0.151. The fourth-order valence-corrected chi connectivity index (χ4v) is 2.67. The first kappa shape index (κ1) is 17.0. The van der Waals surface area contributed by atoms with E-state index >= 15 is 0 Å². The van der Waals surface area contributed by atoms with E-state index in [4.69, 9.17) is 0 Å². The van der Waals surface area contributed by atoms with Crippen LogP contribution in [0.4, 0.5) is 5.69 Å². The highest BCUT2D eigenvalue weighted by atomic mass is 16.2. The number of hydrogen-bond donors (Lipinski definition) is 2. The SMILES string of the molecule is Cc1c(N[C@H](C)C(C)C)cccc1C(=O)Nn1cnc2ccccc21. The fraction of sp³-hybridized carbons (Fsp3) is 0.300. The zero-order valence-electron chi connectivity index (χ0n) is 15.1. The van der Waals surface area contributed by atoms with Crippen molar-refractivity contribution >= 4 is 22.6 Å². The van der Waals surface area contributed by atoms with Crippen molar-refractivity contribution in [1.82, 2.24) is 9.66 Å². The summed E-state index contributed by atoms with van der Waals surface area (Å²) in [5.74, 6) is 0.357. The summed E-state index contributed by atoms with van der Waals surface area (Å²) in [6.45, 7) is 8.46. The second-order valence-corrected chi connectivity index (χ2v) is 6.70. The van der Waals surface area contributed by atoms with E-state index in [-0.39, 0.29) is 5.91 Å². The lowest BCUT2D eigenvalue weighted by atomic mass is 10.0. The van der Waals surface area contributed by atoms with E-state index in [1.807, 2.05) is 49.4 Å². The Labute approximate surface area is 148 Å². The monoisotopic (exact) mass is 336 g/mol. The number of para-hydroxylation sites is 2. The molecule has 3 rings (SSSR count). The number of anilines is 1. The van der Waals surface area contributed by atoms with E-state index in [0.717, 1.165) is 22.3 Å². The standard InChI is InChI=1S/C20H24N4O/c1-13(2)15(4)22-17-10-7-8-16(14(17)3)20(25)23-24-12-21-18-9-5-6-11-19(18)24/h5-13,15,22H,1-4H3,(H,23,25)/t15-/m1/s1. The van der Waals surface area contributed by atoms with Crippen LogP contribution < -0.4 is 10.7 Å². The third-order valence-electron chi connectivity index (χ3n) is 4.64. The molecule has 1 atom stereocenters. The van der Waals surface area contributed by atoms with Crippen molar-refractivity contribution in [2.45, 2.75) is 33.7 Å². The Bertz CT molecular complexity index is 898. The van der Waals surface area contributed by atoms with Crippen LogP contribution in [-0.4, -0.2) is 21.6 Å². The van der Waals surface area contributed by atoms with Gasteiger partial charge in [0.2, 0.25) is 0 Å². The van der Waals surface area contributed by atoms with Gasteiger partial charge in [-0.05, 0) is 49.6 Å². The minimum atomic E-state index is -0.151. The van der Waals surface area contributed by atoms with Gasteiger partial charge in [0.25, 0.3) is 5.91 Å². The maximum atomic E-state index is 12.8. The van der Waals surface area contributed by atoms with Crippen LogP contribution in [0.1, 0.15) is 36.7 Å². The number of hydrogen-bond acceptors (Lipinski definition) is 3. The Morgan fingerprint density at radius 2 is 1.84 bits per heavy atom. The highest BCUT2D eigenvalue weighted by Gasteiger charge is 2.15. The van der Waals surface area contributed by atoms with Crippen molar-refractivity contribution in [3.63, 3.8) is 0 Å². The number of amides is 1. The highest BCUT2D eigenvalue weighted by molar-refractivity contribution is 6.02. The molecule has 130 valence electrons. The molecule has 2 aromatic carbocycles. The highest BCUT2D eigenvalue weighted by Crippen LogP contribution is 2.22. The average Bonchev–Trinajstić information content (AvgIpc) is 2.99. The molecule has 0 bridgehead atoms. The smallest absolute Gasteiger partial charge is 0.270 e. The molecule has 0 aliphatic carbocycles. The van der Waals surface area contributed by atoms with E-state index in [1.165, 1.54) is 0 Å². The molecular formula is C20H24N4O. The molecule has 0 radical (unpaired) electrons. The first-order chi connectivity index (χ1) is 12.0. The largest absolute Gasteiger partial charge is 0.382 e. The molecule has 25 heavy (non-hydrogen) atoms. The van der Waals surface area contributed by atoms with Gasteiger partial charge in [0.15, 0.2) is 0 Å². The molecule has 0 aliphatic heterocycles. The predicted molar refractivity (Wildman–Crippen MR) is 103 cm³/mol. The van der Waals surface area contributed by atoms with Crippen LogP contribution in [0.3, 0.4) is 0 Å². The van der Waals surface area contributed by atoms with E-state index in [0.29, 0.717) is 17.5 Å². The third-order valence-corrected chi connectivity index (χ3v) is 4.64.